The Bertz CT molecular complexity index is 399. The van der Waals surface area contributed by atoms with Crippen molar-refractivity contribution in [3.05, 3.63) is 26.6 Å². The van der Waals surface area contributed by atoms with Crippen molar-refractivity contribution in [2.75, 3.05) is 0 Å². The topological polar surface area (TPSA) is 46.5 Å². The molecular weight excluding hydrogens is 340 g/mol. The minimum Gasteiger partial charge on any atom is -0.506 e. The highest BCUT2D eigenvalue weighted by atomic mass is 79.9. The van der Waals surface area contributed by atoms with Crippen LogP contribution in [0.3, 0.4) is 0 Å². The van der Waals surface area contributed by atoms with E-state index in [1.165, 1.54) is 12.1 Å². The number of phenolic OH excluding ortho intramolecular Hbond substituents is 1. The molecule has 0 saturated heterocycles. The summed E-state index contributed by atoms with van der Waals surface area (Å²) in [6.07, 6.45) is 0. The number of phenols is 1. The Morgan fingerprint density at radius 2 is 1.69 bits per heavy atom. The minimum absolute atomic E-state index is 0.0623. The van der Waals surface area contributed by atoms with Crippen molar-refractivity contribution >= 4 is 37.8 Å². The summed E-state index contributed by atoms with van der Waals surface area (Å²) in [7, 11) is 0. The zero-order valence-electron chi connectivity index (χ0n) is 9.17. The van der Waals surface area contributed by atoms with Gasteiger partial charge in [-0.25, -0.2) is 4.79 Å². The molecule has 0 amide bonds. The van der Waals surface area contributed by atoms with Gasteiger partial charge in [-0.1, -0.05) is 0 Å². The van der Waals surface area contributed by atoms with Crippen molar-refractivity contribution in [2.45, 2.75) is 26.4 Å². The molecule has 0 aliphatic carbocycles. The number of hydrogen-bond donors (Lipinski definition) is 1. The zero-order chi connectivity index (χ0) is 12.5. The van der Waals surface area contributed by atoms with Crippen LogP contribution >= 0.6 is 31.9 Å². The summed E-state index contributed by atoms with van der Waals surface area (Å²) in [6.45, 7) is 5.40. The van der Waals surface area contributed by atoms with E-state index in [2.05, 4.69) is 31.9 Å². The number of benzene rings is 1. The molecule has 0 aliphatic heterocycles. The van der Waals surface area contributed by atoms with E-state index in [1.54, 1.807) is 20.8 Å². The van der Waals surface area contributed by atoms with E-state index in [-0.39, 0.29) is 5.75 Å². The maximum absolute atomic E-state index is 11.7. The lowest BCUT2D eigenvalue weighted by atomic mass is 10.1. The van der Waals surface area contributed by atoms with Crippen molar-refractivity contribution in [1.82, 2.24) is 0 Å². The van der Waals surface area contributed by atoms with Crippen LogP contribution in [0.1, 0.15) is 31.1 Å². The van der Waals surface area contributed by atoms with Gasteiger partial charge in [-0.3, -0.25) is 0 Å². The second-order valence-corrected chi connectivity index (χ2v) is 6.00. The summed E-state index contributed by atoms with van der Waals surface area (Å²) in [5.41, 5.74) is -0.153. The monoisotopic (exact) mass is 350 g/mol. The molecule has 1 aromatic rings. The third-order valence-corrected chi connectivity index (χ3v) is 2.86. The summed E-state index contributed by atoms with van der Waals surface area (Å²) >= 11 is 6.31. The van der Waals surface area contributed by atoms with Crippen molar-refractivity contribution in [2.24, 2.45) is 0 Å². The van der Waals surface area contributed by atoms with Gasteiger partial charge in [0, 0.05) is 0 Å². The van der Waals surface area contributed by atoms with Crippen LogP contribution in [0.25, 0.3) is 0 Å². The number of carbonyl (C=O) groups is 1. The smallest absolute Gasteiger partial charge is 0.338 e. The molecule has 5 heteroatoms. The SMILES string of the molecule is CC(C)(C)OC(=O)c1cc(Br)c(O)c(Br)c1. The van der Waals surface area contributed by atoms with Gasteiger partial charge in [-0.15, -0.1) is 0 Å². The van der Waals surface area contributed by atoms with Crippen molar-refractivity contribution in [3.8, 4) is 5.75 Å². The lowest BCUT2D eigenvalue weighted by Crippen LogP contribution is -2.23. The molecule has 1 N–H and O–H groups in total. The van der Waals surface area contributed by atoms with Crippen molar-refractivity contribution < 1.29 is 14.6 Å². The Balaban J connectivity index is 3.02. The van der Waals surface area contributed by atoms with Crippen molar-refractivity contribution in [3.63, 3.8) is 0 Å². The number of ether oxygens (including phenoxy) is 1. The second kappa shape index (κ2) is 4.75. The molecule has 0 aromatic heterocycles. The lowest BCUT2D eigenvalue weighted by Gasteiger charge is -2.19. The highest BCUT2D eigenvalue weighted by Crippen LogP contribution is 2.33. The Hall–Kier alpha value is -0.550. The maximum atomic E-state index is 11.7. The Labute approximate surface area is 111 Å². The summed E-state index contributed by atoms with van der Waals surface area (Å²) in [6, 6.07) is 3.04. The first kappa shape index (κ1) is 13.5. The number of hydrogen-bond acceptors (Lipinski definition) is 3. The number of carbonyl (C=O) groups excluding carboxylic acids is 1. The summed E-state index contributed by atoms with van der Waals surface area (Å²) in [5, 5.41) is 9.50. The molecule has 0 atom stereocenters. The van der Waals surface area contributed by atoms with Gasteiger partial charge in [0.05, 0.1) is 14.5 Å². The lowest BCUT2D eigenvalue weighted by molar-refractivity contribution is 0.00694. The molecule has 0 bridgehead atoms. The van der Waals surface area contributed by atoms with Gasteiger partial charge in [0.25, 0.3) is 0 Å². The fourth-order valence-corrected chi connectivity index (χ4v) is 2.21. The molecule has 0 radical (unpaired) electrons. The van der Waals surface area contributed by atoms with E-state index in [0.29, 0.717) is 14.5 Å². The summed E-state index contributed by atoms with van der Waals surface area (Å²) in [5.74, 6) is -0.360. The highest BCUT2D eigenvalue weighted by molar-refractivity contribution is 9.11. The van der Waals surface area contributed by atoms with Crippen LogP contribution in [-0.4, -0.2) is 16.7 Å². The number of esters is 1. The molecule has 0 aliphatic rings. The fraction of sp³-hybridized carbons (Fsp3) is 0.364. The summed E-state index contributed by atoms with van der Waals surface area (Å²) < 4.78 is 6.11. The number of rotatable bonds is 1. The first-order valence-electron chi connectivity index (χ1n) is 4.62. The van der Waals surface area contributed by atoms with Gasteiger partial charge < -0.3 is 9.84 Å². The third kappa shape index (κ3) is 3.49. The van der Waals surface area contributed by atoms with Crippen LogP contribution in [0, 0.1) is 0 Å². The van der Waals surface area contributed by atoms with Crippen LogP contribution in [-0.2, 0) is 4.74 Å². The second-order valence-electron chi connectivity index (χ2n) is 4.29. The summed E-state index contributed by atoms with van der Waals surface area (Å²) in [4.78, 5) is 11.7. The van der Waals surface area contributed by atoms with E-state index in [4.69, 9.17) is 4.74 Å². The largest absolute Gasteiger partial charge is 0.506 e. The predicted molar refractivity (Wildman–Crippen MR) is 68.7 cm³/mol. The third-order valence-electron chi connectivity index (χ3n) is 1.65. The van der Waals surface area contributed by atoms with E-state index in [1.807, 2.05) is 0 Å². The van der Waals surface area contributed by atoms with E-state index in [0.717, 1.165) is 0 Å². The molecule has 1 aromatic carbocycles. The minimum atomic E-state index is -0.534. The molecule has 0 unspecified atom stereocenters. The van der Waals surface area contributed by atoms with Crippen LogP contribution in [0.5, 0.6) is 5.75 Å². The number of aromatic hydroxyl groups is 1. The Kier molecular flexibility index (Phi) is 4.02. The van der Waals surface area contributed by atoms with Crippen LogP contribution in [0.15, 0.2) is 21.1 Å². The van der Waals surface area contributed by atoms with Crippen LogP contribution < -0.4 is 0 Å². The van der Waals surface area contributed by atoms with Crippen molar-refractivity contribution in [1.29, 1.82) is 0 Å². The molecule has 1 rings (SSSR count). The predicted octanol–water partition coefficient (Wildman–Crippen LogP) is 3.87. The molecule has 3 nitrogen and oxygen atoms in total. The Morgan fingerprint density at radius 1 is 1.25 bits per heavy atom. The zero-order valence-corrected chi connectivity index (χ0v) is 12.3. The molecule has 16 heavy (non-hydrogen) atoms. The first-order chi connectivity index (χ1) is 7.20. The van der Waals surface area contributed by atoms with Gasteiger partial charge in [-0.2, -0.15) is 0 Å². The van der Waals surface area contributed by atoms with Gasteiger partial charge in [-0.05, 0) is 64.8 Å². The molecule has 0 saturated carbocycles. The standard InChI is InChI=1S/C11H12Br2O3/c1-11(2,3)16-10(15)6-4-7(12)9(14)8(13)5-6/h4-5,14H,1-3H3. The maximum Gasteiger partial charge on any atom is 0.338 e. The average molecular weight is 352 g/mol. The van der Waals surface area contributed by atoms with Crippen LogP contribution in [0.2, 0.25) is 0 Å². The van der Waals surface area contributed by atoms with Gasteiger partial charge >= 0.3 is 5.97 Å². The van der Waals surface area contributed by atoms with Gasteiger partial charge in [0.1, 0.15) is 11.4 Å². The first-order valence-corrected chi connectivity index (χ1v) is 6.20. The number of halogens is 2. The van der Waals surface area contributed by atoms with Gasteiger partial charge in [0.15, 0.2) is 0 Å². The van der Waals surface area contributed by atoms with E-state index in [9.17, 15) is 9.90 Å². The van der Waals surface area contributed by atoms with Gasteiger partial charge in [0.2, 0.25) is 0 Å². The quantitative estimate of drug-likeness (QED) is 0.781. The van der Waals surface area contributed by atoms with E-state index < -0.39 is 11.6 Å². The molecule has 88 valence electrons. The normalized spacial score (nSPS) is 11.3. The highest BCUT2D eigenvalue weighted by Gasteiger charge is 2.19. The van der Waals surface area contributed by atoms with Crippen LogP contribution in [0.4, 0.5) is 0 Å². The average Bonchev–Trinajstić information content (AvgIpc) is 2.10. The van der Waals surface area contributed by atoms with E-state index >= 15 is 0 Å². The molecular formula is C11H12Br2O3. The Morgan fingerprint density at radius 3 is 2.06 bits per heavy atom. The molecule has 0 fully saturated rings. The molecule has 0 spiro atoms. The molecule has 0 heterocycles. The fourth-order valence-electron chi connectivity index (χ4n) is 1.02.